The van der Waals surface area contributed by atoms with E-state index in [2.05, 4.69) is 27.4 Å². The molecule has 0 bridgehead atoms. The largest absolute Gasteiger partial charge is 0.321 e. The second-order valence-corrected chi connectivity index (χ2v) is 6.73. The fourth-order valence-electron chi connectivity index (χ4n) is 3.04. The van der Waals surface area contributed by atoms with Crippen molar-refractivity contribution in [2.24, 2.45) is 0 Å². The van der Waals surface area contributed by atoms with Crippen molar-refractivity contribution in [2.75, 3.05) is 5.32 Å². The van der Waals surface area contributed by atoms with Crippen molar-refractivity contribution >= 4 is 11.6 Å². The van der Waals surface area contributed by atoms with Crippen molar-refractivity contribution in [2.45, 2.75) is 50.9 Å². The van der Waals surface area contributed by atoms with Gasteiger partial charge >= 0.3 is 0 Å². The molecule has 0 unspecified atom stereocenters. The topological polar surface area (TPSA) is 54.9 Å². The Morgan fingerprint density at radius 1 is 1.09 bits per heavy atom. The van der Waals surface area contributed by atoms with Gasteiger partial charge in [-0.25, -0.2) is 9.97 Å². The van der Waals surface area contributed by atoms with Crippen LogP contribution in [0.25, 0.3) is 0 Å². The van der Waals surface area contributed by atoms with Crippen molar-refractivity contribution in [3.63, 3.8) is 0 Å². The van der Waals surface area contributed by atoms with E-state index >= 15 is 0 Å². The van der Waals surface area contributed by atoms with Gasteiger partial charge in [-0.2, -0.15) is 0 Å². The lowest BCUT2D eigenvalue weighted by molar-refractivity contribution is 0.102. The molecule has 0 atom stereocenters. The van der Waals surface area contributed by atoms with Gasteiger partial charge in [0.1, 0.15) is 11.5 Å². The maximum Gasteiger partial charge on any atom is 0.274 e. The van der Waals surface area contributed by atoms with Crippen molar-refractivity contribution < 1.29 is 4.79 Å². The molecule has 2 aliphatic rings. The minimum absolute atomic E-state index is 0.150. The van der Waals surface area contributed by atoms with Crippen LogP contribution in [0.3, 0.4) is 0 Å². The van der Waals surface area contributed by atoms with E-state index in [9.17, 15) is 4.79 Å². The van der Waals surface area contributed by atoms with Gasteiger partial charge in [0.2, 0.25) is 0 Å². The lowest BCUT2D eigenvalue weighted by Crippen LogP contribution is -2.16. The zero-order valence-electron chi connectivity index (χ0n) is 13.4. The Morgan fingerprint density at radius 3 is 2.61 bits per heavy atom. The Balaban J connectivity index is 1.53. The fraction of sp³-hybridized carbons (Fsp3) is 0.421. The number of carbonyl (C=O) groups excluding carboxylic acids is 1. The monoisotopic (exact) mass is 307 g/mol. The van der Waals surface area contributed by atoms with E-state index in [4.69, 9.17) is 0 Å². The molecule has 4 rings (SSSR count). The number of nitrogens with zero attached hydrogens (tertiary/aromatic N) is 2. The van der Waals surface area contributed by atoms with E-state index in [-0.39, 0.29) is 5.91 Å². The second-order valence-electron chi connectivity index (χ2n) is 6.73. The van der Waals surface area contributed by atoms with Gasteiger partial charge in [0.25, 0.3) is 5.91 Å². The summed E-state index contributed by atoms with van der Waals surface area (Å²) in [5.41, 5.74) is 3.50. The Bertz CT molecular complexity index is 748. The van der Waals surface area contributed by atoms with Crippen LogP contribution in [0.2, 0.25) is 0 Å². The first-order valence-electron chi connectivity index (χ1n) is 8.46. The number of hydrogen-bond acceptors (Lipinski definition) is 3. The smallest absolute Gasteiger partial charge is 0.274 e. The molecule has 4 heteroatoms. The van der Waals surface area contributed by atoms with Crippen molar-refractivity contribution in [1.29, 1.82) is 0 Å². The van der Waals surface area contributed by atoms with E-state index in [1.807, 2.05) is 19.1 Å². The van der Waals surface area contributed by atoms with Gasteiger partial charge in [-0.1, -0.05) is 18.6 Å². The summed E-state index contributed by atoms with van der Waals surface area (Å²) in [5, 5.41) is 2.99. The molecule has 118 valence electrons. The Hall–Kier alpha value is -2.23. The van der Waals surface area contributed by atoms with Crippen LogP contribution in [0.4, 0.5) is 5.69 Å². The van der Waals surface area contributed by atoms with Crippen LogP contribution in [-0.4, -0.2) is 15.9 Å². The molecule has 0 saturated heterocycles. The number of hydrogen-bond donors (Lipinski definition) is 1. The normalized spacial score (nSPS) is 17.6. The van der Waals surface area contributed by atoms with Gasteiger partial charge in [-0.15, -0.1) is 0 Å². The molecule has 1 amide bonds. The summed E-state index contributed by atoms with van der Waals surface area (Å²) in [7, 11) is 0. The summed E-state index contributed by atoms with van der Waals surface area (Å²) >= 11 is 0. The third-order valence-corrected chi connectivity index (χ3v) is 4.77. The number of carbonyl (C=O) groups is 1. The van der Waals surface area contributed by atoms with E-state index < -0.39 is 0 Å². The van der Waals surface area contributed by atoms with Crippen LogP contribution in [0.5, 0.6) is 0 Å². The average molecular weight is 307 g/mol. The minimum atomic E-state index is -0.150. The van der Waals surface area contributed by atoms with E-state index in [1.54, 1.807) is 6.07 Å². The lowest BCUT2D eigenvalue weighted by atomic mass is 9.80. The first kappa shape index (κ1) is 14.4. The zero-order valence-corrected chi connectivity index (χ0v) is 13.4. The first-order chi connectivity index (χ1) is 11.2. The number of amides is 1. The van der Waals surface area contributed by atoms with Crippen LogP contribution in [0.1, 0.15) is 71.5 Å². The third-order valence-electron chi connectivity index (χ3n) is 4.77. The van der Waals surface area contributed by atoms with Crippen LogP contribution in [0.15, 0.2) is 30.3 Å². The molecule has 2 aliphatic carbocycles. The quantitative estimate of drug-likeness (QED) is 0.921. The van der Waals surface area contributed by atoms with Crippen LogP contribution in [-0.2, 0) is 0 Å². The molecule has 2 aromatic rings. The minimum Gasteiger partial charge on any atom is -0.321 e. The molecule has 0 aliphatic heterocycles. The molecular formula is C19H21N3O. The number of aryl methyl sites for hydroxylation is 1. The molecule has 0 spiro atoms. The molecule has 1 heterocycles. The molecule has 2 saturated carbocycles. The standard InChI is InChI=1S/C19H21N3O/c1-12-10-17(22-18(20-12)14-8-9-14)19(23)21-16-7-3-6-15(11-16)13-4-2-5-13/h3,6-7,10-11,13-14H,2,4-5,8-9H2,1H3,(H,21,23). The second kappa shape index (κ2) is 5.76. The van der Waals surface area contributed by atoms with Gasteiger partial charge in [0.05, 0.1) is 0 Å². The zero-order chi connectivity index (χ0) is 15.8. The maximum atomic E-state index is 12.5. The van der Waals surface area contributed by atoms with Gasteiger partial charge in [-0.05, 0) is 62.3 Å². The summed E-state index contributed by atoms with van der Waals surface area (Å²) in [4.78, 5) is 21.4. The van der Waals surface area contributed by atoms with Crippen molar-refractivity contribution in [3.05, 3.63) is 53.1 Å². The summed E-state index contributed by atoms with van der Waals surface area (Å²) < 4.78 is 0. The highest BCUT2D eigenvalue weighted by atomic mass is 16.1. The molecule has 1 aromatic heterocycles. The Morgan fingerprint density at radius 2 is 1.91 bits per heavy atom. The molecule has 4 nitrogen and oxygen atoms in total. The van der Waals surface area contributed by atoms with Crippen LogP contribution in [0, 0.1) is 6.92 Å². The number of rotatable bonds is 4. The molecule has 0 radical (unpaired) electrons. The van der Waals surface area contributed by atoms with Crippen molar-refractivity contribution in [1.82, 2.24) is 9.97 Å². The summed E-state index contributed by atoms with van der Waals surface area (Å²) in [6.07, 6.45) is 6.09. The van der Waals surface area contributed by atoms with Gasteiger partial charge in [0, 0.05) is 17.3 Å². The lowest BCUT2D eigenvalue weighted by Gasteiger charge is -2.26. The highest BCUT2D eigenvalue weighted by Crippen LogP contribution is 2.38. The van der Waals surface area contributed by atoms with Gasteiger partial charge < -0.3 is 5.32 Å². The molecule has 1 aromatic carbocycles. The number of nitrogens with one attached hydrogen (secondary N) is 1. The first-order valence-corrected chi connectivity index (χ1v) is 8.46. The molecule has 2 fully saturated rings. The number of benzene rings is 1. The van der Waals surface area contributed by atoms with Crippen LogP contribution >= 0.6 is 0 Å². The fourth-order valence-corrected chi connectivity index (χ4v) is 3.04. The third kappa shape index (κ3) is 3.11. The maximum absolute atomic E-state index is 12.5. The molecular weight excluding hydrogens is 286 g/mol. The predicted octanol–water partition coefficient (Wildman–Crippen LogP) is 4.18. The number of aromatic nitrogens is 2. The summed E-state index contributed by atoms with van der Waals surface area (Å²) in [6.45, 7) is 1.92. The average Bonchev–Trinajstić information content (AvgIpc) is 3.30. The molecule has 1 N–H and O–H groups in total. The van der Waals surface area contributed by atoms with Crippen molar-refractivity contribution in [3.8, 4) is 0 Å². The Labute approximate surface area is 136 Å². The van der Waals surface area contributed by atoms with E-state index in [0.29, 0.717) is 17.5 Å². The van der Waals surface area contributed by atoms with Gasteiger partial charge in [-0.3, -0.25) is 4.79 Å². The van der Waals surface area contributed by atoms with E-state index in [1.165, 1.54) is 24.8 Å². The summed E-state index contributed by atoms with van der Waals surface area (Å²) in [5.74, 6) is 1.78. The highest BCUT2D eigenvalue weighted by Gasteiger charge is 2.27. The SMILES string of the molecule is Cc1cc(C(=O)Nc2cccc(C3CCC3)c2)nc(C2CC2)n1. The number of anilines is 1. The Kier molecular flexibility index (Phi) is 3.60. The molecule has 23 heavy (non-hydrogen) atoms. The highest BCUT2D eigenvalue weighted by molar-refractivity contribution is 6.02. The van der Waals surface area contributed by atoms with Crippen LogP contribution < -0.4 is 5.32 Å². The van der Waals surface area contributed by atoms with Gasteiger partial charge in [0.15, 0.2) is 0 Å². The van der Waals surface area contributed by atoms with E-state index in [0.717, 1.165) is 30.0 Å². The predicted molar refractivity (Wildman–Crippen MR) is 89.7 cm³/mol. The summed E-state index contributed by atoms with van der Waals surface area (Å²) in [6, 6.07) is 9.97.